The molecule has 32 heavy (non-hydrogen) atoms. The number of nitrogens with zero attached hydrogens (tertiary/aromatic N) is 2. The van der Waals surface area contributed by atoms with Crippen molar-refractivity contribution >= 4 is 27.6 Å². The van der Waals surface area contributed by atoms with Crippen LogP contribution in [0.1, 0.15) is 47.1 Å². The largest absolute Gasteiger partial charge is 0.462 e. The lowest BCUT2D eigenvalue weighted by atomic mass is 9.98. The Morgan fingerprint density at radius 1 is 1.16 bits per heavy atom. The Hall–Kier alpha value is -2.65. The molecule has 0 spiro atoms. The summed E-state index contributed by atoms with van der Waals surface area (Å²) in [4.78, 5) is 25.5. The number of aromatic nitrogens is 1. The molecule has 0 unspecified atom stereocenters. The van der Waals surface area contributed by atoms with E-state index in [0.29, 0.717) is 30.8 Å². The minimum absolute atomic E-state index is 0.0316. The lowest BCUT2D eigenvalue weighted by Crippen LogP contribution is -2.44. The van der Waals surface area contributed by atoms with E-state index in [9.17, 15) is 18.0 Å². The number of ether oxygens (including phenoxy) is 1. The first-order valence-corrected chi connectivity index (χ1v) is 12.2. The highest BCUT2D eigenvalue weighted by atomic mass is 32.2. The molecule has 2 heterocycles. The van der Waals surface area contributed by atoms with E-state index < -0.39 is 21.9 Å². The number of rotatable bonds is 6. The number of carbonyl (C=O) groups is 2. The summed E-state index contributed by atoms with van der Waals surface area (Å²) in [6.07, 6.45) is 1.16. The normalized spacial score (nSPS) is 17.2. The standard InChI is InChI=1S/C23H31N3O5S/c1-6-31-23(28)20-16(3)25(5)17(4)21(20)32(29,30)26-13-9-11-18(14-26)22(27)24-19-12-8-7-10-15(19)2/h7-8,10,12,18H,6,9,11,13-14H2,1-5H3,(H,24,27)/t18-/m1/s1. The topological polar surface area (TPSA) is 97.7 Å². The Balaban J connectivity index is 1.90. The average Bonchev–Trinajstić information content (AvgIpc) is 3.00. The van der Waals surface area contributed by atoms with Crippen LogP contribution in [0.5, 0.6) is 0 Å². The average molecular weight is 462 g/mol. The number of esters is 1. The summed E-state index contributed by atoms with van der Waals surface area (Å²) in [6, 6.07) is 7.47. The van der Waals surface area contributed by atoms with Crippen molar-refractivity contribution in [2.75, 3.05) is 25.0 Å². The molecule has 1 aromatic heterocycles. The van der Waals surface area contributed by atoms with Gasteiger partial charge in [0.25, 0.3) is 0 Å². The molecule has 174 valence electrons. The van der Waals surface area contributed by atoms with E-state index in [1.54, 1.807) is 32.4 Å². The fourth-order valence-corrected chi connectivity index (χ4v) is 6.13. The van der Waals surface area contributed by atoms with E-state index in [1.807, 2.05) is 31.2 Å². The number of benzene rings is 1. The highest BCUT2D eigenvalue weighted by molar-refractivity contribution is 7.89. The second kappa shape index (κ2) is 9.46. The van der Waals surface area contributed by atoms with Crippen molar-refractivity contribution in [1.82, 2.24) is 8.87 Å². The zero-order chi connectivity index (χ0) is 23.6. The number of piperidine rings is 1. The predicted octanol–water partition coefficient (Wildman–Crippen LogP) is 3.17. The van der Waals surface area contributed by atoms with Crippen LogP contribution in [0, 0.1) is 26.7 Å². The number of aryl methyl sites for hydroxylation is 1. The van der Waals surface area contributed by atoms with Gasteiger partial charge in [0.05, 0.1) is 12.5 Å². The minimum atomic E-state index is -4.00. The number of anilines is 1. The third kappa shape index (κ3) is 4.45. The van der Waals surface area contributed by atoms with Gasteiger partial charge >= 0.3 is 5.97 Å². The van der Waals surface area contributed by atoms with Gasteiger partial charge in [-0.2, -0.15) is 4.31 Å². The molecular formula is C23H31N3O5S. The Labute approximate surface area is 189 Å². The van der Waals surface area contributed by atoms with E-state index >= 15 is 0 Å². The molecule has 0 saturated carbocycles. The monoisotopic (exact) mass is 461 g/mol. The molecule has 0 aliphatic carbocycles. The Morgan fingerprint density at radius 2 is 1.84 bits per heavy atom. The van der Waals surface area contributed by atoms with Gasteiger partial charge < -0.3 is 14.6 Å². The lowest BCUT2D eigenvalue weighted by Gasteiger charge is -2.31. The number of nitrogens with one attached hydrogen (secondary N) is 1. The van der Waals surface area contributed by atoms with Crippen LogP contribution in [0.25, 0.3) is 0 Å². The summed E-state index contributed by atoms with van der Waals surface area (Å²) >= 11 is 0. The van der Waals surface area contributed by atoms with Crippen LogP contribution in [0.15, 0.2) is 29.2 Å². The van der Waals surface area contributed by atoms with E-state index in [-0.39, 0.29) is 29.5 Å². The van der Waals surface area contributed by atoms with Gasteiger partial charge in [0.1, 0.15) is 10.5 Å². The number of hydrogen-bond acceptors (Lipinski definition) is 5. The fourth-order valence-electron chi connectivity index (χ4n) is 4.13. The van der Waals surface area contributed by atoms with Gasteiger partial charge in [-0.25, -0.2) is 13.2 Å². The first-order chi connectivity index (χ1) is 15.1. The molecule has 3 rings (SSSR count). The zero-order valence-corrected chi connectivity index (χ0v) is 20.1. The van der Waals surface area contributed by atoms with Gasteiger partial charge in [-0.3, -0.25) is 4.79 Å². The van der Waals surface area contributed by atoms with Gasteiger partial charge in [0.2, 0.25) is 15.9 Å². The molecule has 1 amide bonds. The third-order valence-corrected chi connectivity index (χ3v) is 8.19. The molecule has 1 saturated heterocycles. The second-order valence-electron chi connectivity index (χ2n) is 8.16. The second-order valence-corrected chi connectivity index (χ2v) is 10.0. The predicted molar refractivity (Wildman–Crippen MR) is 122 cm³/mol. The van der Waals surface area contributed by atoms with Crippen molar-refractivity contribution in [2.45, 2.75) is 45.4 Å². The molecule has 1 N–H and O–H groups in total. The number of para-hydroxylation sites is 1. The van der Waals surface area contributed by atoms with Crippen LogP contribution in [-0.4, -0.2) is 48.9 Å². The quantitative estimate of drug-likeness (QED) is 0.667. The van der Waals surface area contributed by atoms with Gasteiger partial charge in [-0.15, -0.1) is 0 Å². The third-order valence-electron chi connectivity index (χ3n) is 6.16. The fraction of sp³-hybridized carbons (Fsp3) is 0.478. The smallest absolute Gasteiger partial charge is 0.341 e. The molecule has 1 aromatic carbocycles. The highest BCUT2D eigenvalue weighted by Gasteiger charge is 2.39. The van der Waals surface area contributed by atoms with Gasteiger partial charge in [-0.05, 0) is 52.2 Å². The maximum atomic E-state index is 13.7. The number of sulfonamides is 1. The van der Waals surface area contributed by atoms with Crippen LogP contribution >= 0.6 is 0 Å². The van der Waals surface area contributed by atoms with Crippen LogP contribution in [0.4, 0.5) is 5.69 Å². The van der Waals surface area contributed by atoms with Crippen molar-refractivity contribution < 1.29 is 22.7 Å². The molecular weight excluding hydrogens is 430 g/mol. The van der Waals surface area contributed by atoms with Crippen molar-refractivity contribution in [3.63, 3.8) is 0 Å². The molecule has 1 aliphatic heterocycles. The molecule has 2 aromatic rings. The molecule has 0 radical (unpaired) electrons. The summed E-state index contributed by atoms with van der Waals surface area (Å²) in [6.45, 7) is 7.48. The molecule has 8 nitrogen and oxygen atoms in total. The van der Waals surface area contributed by atoms with E-state index in [4.69, 9.17) is 4.74 Å². The van der Waals surface area contributed by atoms with Crippen LogP contribution in [0.3, 0.4) is 0 Å². The SMILES string of the molecule is CCOC(=O)c1c(S(=O)(=O)N2CCC[C@@H](C(=O)Nc3ccccc3C)C2)c(C)n(C)c1C. The molecule has 1 aliphatic rings. The van der Waals surface area contributed by atoms with Gasteiger partial charge in [0, 0.05) is 37.2 Å². The summed E-state index contributed by atoms with van der Waals surface area (Å²) in [5, 5.41) is 2.92. The maximum Gasteiger partial charge on any atom is 0.341 e. The van der Waals surface area contributed by atoms with Crippen molar-refractivity contribution in [3.8, 4) is 0 Å². The summed E-state index contributed by atoms with van der Waals surface area (Å²) < 4.78 is 35.5. The minimum Gasteiger partial charge on any atom is -0.462 e. The van der Waals surface area contributed by atoms with E-state index in [2.05, 4.69) is 5.32 Å². The van der Waals surface area contributed by atoms with Crippen LogP contribution in [-0.2, 0) is 26.6 Å². The summed E-state index contributed by atoms with van der Waals surface area (Å²) in [5.74, 6) is -1.33. The lowest BCUT2D eigenvalue weighted by molar-refractivity contribution is -0.120. The van der Waals surface area contributed by atoms with Gasteiger partial charge in [-0.1, -0.05) is 18.2 Å². The van der Waals surface area contributed by atoms with Crippen LogP contribution in [0.2, 0.25) is 0 Å². The number of hydrogen-bond donors (Lipinski definition) is 1. The zero-order valence-electron chi connectivity index (χ0n) is 19.3. The van der Waals surface area contributed by atoms with Crippen molar-refractivity contribution in [2.24, 2.45) is 13.0 Å². The highest BCUT2D eigenvalue weighted by Crippen LogP contribution is 2.32. The first kappa shape index (κ1) is 24.0. The Morgan fingerprint density at radius 3 is 2.50 bits per heavy atom. The van der Waals surface area contributed by atoms with Crippen LogP contribution < -0.4 is 5.32 Å². The van der Waals surface area contributed by atoms with E-state index in [1.165, 1.54) is 4.31 Å². The van der Waals surface area contributed by atoms with Gasteiger partial charge in [0.15, 0.2) is 0 Å². The first-order valence-electron chi connectivity index (χ1n) is 10.8. The van der Waals surface area contributed by atoms with Crippen molar-refractivity contribution in [3.05, 3.63) is 46.8 Å². The number of carbonyl (C=O) groups excluding carboxylic acids is 2. The summed E-state index contributed by atoms with van der Waals surface area (Å²) in [7, 11) is -2.28. The number of amides is 1. The molecule has 9 heteroatoms. The molecule has 1 fully saturated rings. The molecule has 1 atom stereocenters. The van der Waals surface area contributed by atoms with Crippen molar-refractivity contribution in [1.29, 1.82) is 0 Å². The Kier molecular flexibility index (Phi) is 7.09. The summed E-state index contributed by atoms with van der Waals surface area (Å²) in [5.41, 5.74) is 2.73. The Bertz CT molecular complexity index is 1140. The van der Waals surface area contributed by atoms with E-state index in [0.717, 1.165) is 11.3 Å². The maximum absolute atomic E-state index is 13.7. The molecule has 0 bridgehead atoms.